The van der Waals surface area contributed by atoms with Crippen LogP contribution >= 0.6 is 0 Å². The maximum Gasteiger partial charge on any atom is 0.239 e. The van der Waals surface area contributed by atoms with Gasteiger partial charge < -0.3 is 20.7 Å². The molecule has 3 N–H and O–H groups in total. The number of unbranched alkanes of at least 4 members (excludes halogenated alkanes) is 2. The maximum absolute atomic E-state index is 11.4. The predicted molar refractivity (Wildman–Crippen MR) is 73.8 cm³/mol. The van der Waals surface area contributed by atoms with Crippen molar-refractivity contribution in [1.82, 2.24) is 16.0 Å². The number of amides is 1. The van der Waals surface area contributed by atoms with E-state index >= 15 is 0 Å². The van der Waals surface area contributed by atoms with Crippen molar-refractivity contribution in [3.8, 4) is 0 Å². The van der Waals surface area contributed by atoms with E-state index in [1.54, 1.807) is 14.2 Å². The Labute approximate surface area is 110 Å². The molecule has 0 unspecified atom stereocenters. The molecule has 1 amide bonds. The van der Waals surface area contributed by atoms with Crippen molar-refractivity contribution >= 4 is 11.9 Å². The molecule has 6 nitrogen and oxygen atoms in total. The van der Waals surface area contributed by atoms with Gasteiger partial charge in [-0.2, -0.15) is 0 Å². The van der Waals surface area contributed by atoms with E-state index < -0.39 is 0 Å². The molecule has 0 saturated heterocycles. The zero-order valence-corrected chi connectivity index (χ0v) is 11.7. The fraction of sp³-hybridized carbons (Fsp3) is 0.833. The summed E-state index contributed by atoms with van der Waals surface area (Å²) < 4.78 is 4.84. The quantitative estimate of drug-likeness (QED) is 0.312. The highest BCUT2D eigenvalue weighted by molar-refractivity contribution is 5.86. The van der Waals surface area contributed by atoms with Gasteiger partial charge in [0.25, 0.3) is 0 Å². The minimum Gasteiger partial charge on any atom is -0.383 e. The summed E-state index contributed by atoms with van der Waals surface area (Å²) in [5.41, 5.74) is 0. The lowest BCUT2D eigenvalue weighted by atomic mass is 10.2. The monoisotopic (exact) mass is 258 g/mol. The molecule has 0 aliphatic carbocycles. The third-order valence-corrected chi connectivity index (χ3v) is 2.34. The first-order valence-electron chi connectivity index (χ1n) is 6.44. The highest BCUT2D eigenvalue weighted by Gasteiger charge is 2.02. The number of carbonyl (C=O) groups is 1. The highest BCUT2D eigenvalue weighted by atomic mass is 16.5. The second-order valence-corrected chi connectivity index (χ2v) is 3.90. The van der Waals surface area contributed by atoms with Crippen molar-refractivity contribution in [2.75, 3.05) is 40.4 Å². The number of hydrogen-bond donors (Lipinski definition) is 3. The predicted octanol–water partition coefficient (Wildman–Crippen LogP) is 0.104. The van der Waals surface area contributed by atoms with Gasteiger partial charge in [-0.1, -0.05) is 19.8 Å². The summed E-state index contributed by atoms with van der Waals surface area (Å²) in [5, 5.41) is 8.85. The molecule has 0 aromatic carbocycles. The first-order valence-corrected chi connectivity index (χ1v) is 6.44. The van der Waals surface area contributed by atoms with Crippen LogP contribution < -0.4 is 16.0 Å². The van der Waals surface area contributed by atoms with Crippen LogP contribution in [0.25, 0.3) is 0 Å². The lowest BCUT2D eigenvalue weighted by Crippen LogP contribution is -2.43. The zero-order chi connectivity index (χ0) is 13.6. The fourth-order valence-corrected chi connectivity index (χ4v) is 1.32. The fourth-order valence-electron chi connectivity index (χ4n) is 1.32. The molecule has 18 heavy (non-hydrogen) atoms. The molecule has 0 heterocycles. The van der Waals surface area contributed by atoms with Crippen LogP contribution in [0, 0.1) is 0 Å². The summed E-state index contributed by atoms with van der Waals surface area (Å²) in [6, 6.07) is 0. The van der Waals surface area contributed by atoms with Crippen LogP contribution in [0.4, 0.5) is 0 Å². The number of rotatable bonds is 9. The summed E-state index contributed by atoms with van der Waals surface area (Å²) in [6.07, 6.45) is 3.49. The normalized spacial score (nSPS) is 11.2. The largest absolute Gasteiger partial charge is 0.383 e. The van der Waals surface area contributed by atoms with Gasteiger partial charge in [-0.05, 0) is 6.42 Å². The Bertz CT molecular complexity index is 244. The summed E-state index contributed by atoms with van der Waals surface area (Å²) in [5.74, 6) is 0.594. The number of hydrogen-bond acceptors (Lipinski definition) is 3. The molecule has 0 saturated carbocycles. The van der Waals surface area contributed by atoms with Gasteiger partial charge in [-0.3, -0.25) is 9.79 Å². The minimum absolute atomic E-state index is 0.0661. The Hall–Kier alpha value is -1.30. The summed E-state index contributed by atoms with van der Waals surface area (Å²) in [6.45, 7) is 4.31. The second-order valence-electron chi connectivity index (χ2n) is 3.90. The average Bonchev–Trinajstić information content (AvgIpc) is 2.38. The van der Waals surface area contributed by atoms with Gasteiger partial charge in [0.2, 0.25) is 5.91 Å². The van der Waals surface area contributed by atoms with Gasteiger partial charge in [0.1, 0.15) is 0 Å². The van der Waals surface area contributed by atoms with Crippen molar-refractivity contribution < 1.29 is 9.53 Å². The Morgan fingerprint density at radius 2 is 1.94 bits per heavy atom. The molecular weight excluding hydrogens is 232 g/mol. The van der Waals surface area contributed by atoms with Crippen LogP contribution in [0.5, 0.6) is 0 Å². The zero-order valence-electron chi connectivity index (χ0n) is 11.7. The molecular formula is C12H26N4O2. The highest BCUT2D eigenvalue weighted by Crippen LogP contribution is 1.90. The third kappa shape index (κ3) is 9.89. The van der Waals surface area contributed by atoms with E-state index in [1.165, 1.54) is 12.8 Å². The van der Waals surface area contributed by atoms with Crippen molar-refractivity contribution in [3.05, 3.63) is 0 Å². The molecule has 0 atom stereocenters. The smallest absolute Gasteiger partial charge is 0.239 e. The maximum atomic E-state index is 11.4. The number of nitrogens with one attached hydrogen (secondary N) is 3. The number of aliphatic imine (C=N–C) groups is 1. The summed E-state index contributed by atoms with van der Waals surface area (Å²) in [4.78, 5) is 15.4. The van der Waals surface area contributed by atoms with Crippen molar-refractivity contribution in [2.45, 2.75) is 26.2 Å². The van der Waals surface area contributed by atoms with Gasteiger partial charge in [0.15, 0.2) is 5.96 Å². The molecule has 0 aromatic rings. The molecule has 0 spiro atoms. The lowest BCUT2D eigenvalue weighted by molar-refractivity contribution is -0.120. The Balaban J connectivity index is 3.63. The molecule has 0 bridgehead atoms. The molecule has 0 fully saturated rings. The van der Waals surface area contributed by atoms with Crippen LogP contribution in [0.1, 0.15) is 26.2 Å². The summed E-state index contributed by atoms with van der Waals surface area (Å²) in [7, 11) is 3.30. The van der Waals surface area contributed by atoms with E-state index in [2.05, 4.69) is 27.9 Å². The van der Waals surface area contributed by atoms with E-state index in [0.717, 1.165) is 13.0 Å². The number of nitrogens with zero attached hydrogens (tertiary/aromatic N) is 1. The van der Waals surface area contributed by atoms with Crippen LogP contribution in [0.3, 0.4) is 0 Å². The number of ether oxygens (including phenoxy) is 1. The Morgan fingerprint density at radius 1 is 1.17 bits per heavy atom. The van der Waals surface area contributed by atoms with E-state index in [4.69, 9.17) is 4.74 Å². The Morgan fingerprint density at radius 3 is 2.56 bits per heavy atom. The molecule has 106 valence electrons. The molecule has 0 rings (SSSR count). The van der Waals surface area contributed by atoms with E-state index in [1.807, 2.05) is 0 Å². The van der Waals surface area contributed by atoms with Gasteiger partial charge in [0, 0.05) is 27.2 Å². The molecule has 0 aliphatic rings. The average molecular weight is 258 g/mol. The van der Waals surface area contributed by atoms with Crippen LogP contribution in [0.2, 0.25) is 0 Å². The van der Waals surface area contributed by atoms with Crippen molar-refractivity contribution in [1.29, 1.82) is 0 Å². The SMILES string of the molecule is CCCCCNC(=NC)NCC(=O)NCCOC. The van der Waals surface area contributed by atoms with Gasteiger partial charge in [-0.25, -0.2) is 0 Å². The number of guanidine groups is 1. The standard InChI is InChI=1S/C12H26N4O2/c1-4-5-6-7-15-12(13-2)16-10-11(17)14-8-9-18-3/h4-10H2,1-3H3,(H,14,17)(H2,13,15,16). The van der Waals surface area contributed by atoms with Crippen molar-refractivity contribution in [2.24, 2.45) is 4.99 Å². The van der Waals surface area contributed by atoms with Crippen molar-refractivity contribution in [3.63, 3.8) is 0 Å². The molecule has 6 heteroatoms. The number of methoxy groups -OCH3 is 1. The molecule has 0 aromatic heterocycles. The second kappa shape index (κ2) is 12.2. The van der Waals surface area contributed by atoms with Gasteiger partial charge in [-0.15, -0.1) is 0 Å². The van der Waals surface area contributed by atoms with Crippen LogP contribution in [-0.2, 0) is 9.53 Å². The first-order chi connectivity index (χ1) is 8.74. The Kier molecular flexibility index (Phi) is 11.3. The van der Waals surface area contributed by atoms with Gasteiger partial charge in [0.05, 0.1) is 13.2 Å². The molecule has 0 radical (unpaired) electrons. The number of carbonyl (C=O) groups excluding carboxylic acids is 1. The first kappa shape index (κ1) is 16.7. The van der Waals surface area contributed by atoms with E-state index in [0.29, 0.717) is 19.1 Å². The van der Waals surface area contributed by atoms with Crippen LogP contribution in [-0.4, -0.2) is 52.3 Å². The third-order valence-electron chi connectivity index (χ3n) is 2.34. The minimum atomic E-state index is -0.0661. The summed E-state index contributed by atoms with van der Waals surface area (Å²) >= 11 is 0. The van der Waals surface area contributed by atoms with Crippen LogP contribution in [0.15, 0.2) is 4.99 Å². The van der Waals surface area contributed by atoms with Gasteiger partial charge >= 0.3 is 0 Å². The van der Waals surface area contributed by atoms with E-state index in [-0.39, 0.29) is 12.5 Å². The molecule has 0 aliphatic heterocycles. The topological polar surface area (TPSA) is 74.8 Å². The lowest BCUT2D eigenvalue weighted by Gasteiger charge is -2.11. The van der Waals surface area contributed by atoms with E-state index in [9.17, 15) is 4.79 Å².